The number of benzene rings is 1. The summed E-state index contributed by atoms with van der Waals surface area (Å²) in [5.74, 6) is 2.46. The van der Waals surface area contributed by atoms with Gasteiger partial charge in [0.15, 0.2) is 0 Å². The monoisotopic (exact) mass is 299 g/mol. The van der Waals surface area contributed by atoms with Crippen molar-refractivity contribution in [2.24, 2.45) is 0 Å². The zero-order valence-corrected chi connectivity index (χ0v) is 12.9. The molecule has 0 saturated carbocycles. The lowest BCUT2D eigenvalue weighted by molar-refractivity contribution is 0.436. The van der Waals surface area contributed by atoms with E-state index in [1.54, 1.807) is 0 Å². The van der Waals surface area contributed by atoms with Crippen molar-refractivity contribution in [1.29, 1.82) is 0 Å². The Kier molecular flexibility index (Phi) is 4.14. The van der Waals surface area contributed by atoms with E-state index in [0.29, 0.717) is 12.1 Å². The summed E-state index contributed by atoms with van der Waals surface area (Å²) in [6.07, 6.45) is 2.51. The first-order valence-electron chi connectivity index (χ1n) is 6.52. The maximum Gasteiger partial charge on any atom is 0.0410 e. The molecule has 0 aromatic heterocycles. The predicted octanol–water partition coefficient (Wildman–Crippen LogP) is 4.36. The maximum absolute atomic E-state index is 6.14. The van der Waals surface area contributed by atoms with Crippen molar-refractivity contribution in [2.45, 2.75) is 42.0 Å². The van der Waals surface area contributed by atoms with Gasteiger partial charge in [-0.3, -0.25) is 0 Å². The van der Waals surface area contributed by atoms with Gasteiger partial charge in [0.2, 0.25) is 0 Å². The van der Waals surface area contributed by atoms with Crippen LogP contribution < -0.4 is 5.32 Å². The fourth-order valence-electron chi connectivity index (χ4n) is 2.76. The third-order valence-corrected chi connectivity index (χ3v) is 6.36. The predicted molar refractivity (Wildman–Crippen MR) is 83.0 cm³/mol. The summed E-state index contributed by atoms with van der Waals surface area (Å²) < 4.78 is 0. The van der Waals surface area contributed by atoms with Crippen molar-refractivity contribution < 1.29 is 0 Å². The first kappa shape index (κ1) is 13.2. The summed E-state index contributed by atoms with van der Waals surface area (Å²) in [5, 5.41) is 5.50. The molecule has 0 bridgehead atoms. The smallest absolute Gasteiger partial charge is 0.0410 e. The van der Waals surface area contributed by atoms with Crippen LogP contribution >= 0.6 is 35.1 Å². The largest absolute Gasteiger partial charge is 0.306 e. The first-order chi connectivity index (χ1) is 8.72. The number of hydrogen-bond donors (Lipinski definition) is 1. The van der Waals surface area contributed by atoms with Gasteiger partial charge in [-0.15, -0.1) is 11.8 Å². The minimum atomic E-state index is 0.496. The first-order valence-corrected chi connectivity index (χ1v) is 8.93. The summed E-state index contributed by atoms with van der Waals surface area (Å²) in [7, 11) is 0. The summed E-state index contributed by atoms with van der Waals surface area (Å²) in [5.41, 5.74) is 1.41. The van der Waals surface area contributed by atoms with Crippen LogP contribution in [0.2, 0.25) is 5.02 Å². The second-order valence-corrected chi connectivity index (χ2v) is 8.16. The molecule has 98 valence electrons. The van der Waals surface area contributed by atoms with Crippen LogP contribution in [-0.2, 0) is 0 Å². The number of halogens is 1. The van der Waals surface area contributed by atoms with Gasteiger partial charge < -0.3 is 5.32 Å². The third-order valence-electron chi connectivity index (χ3n) is 3.65. The van der Waals surface area contributed by atoms with Gasteiger partial charge in [-0.25, -0.2) is 0 Å². The Morgan fingerprint density at radius 3 is 3.06 bits per heavy atom. The molecular weight excluding hydrogens is 282 g/mol. The third kappa shape index (κ3) is 2.84. The summed E-state index contributed by atoms with van der Waals surface area (Å²) in [6, 6.07) is 7.48. The highest BCUT2D eigenvalue weighted by atomic mass is 35.5. The molecule has 4 heteroatoms. The van der Waals surface area contributed by atoms with E-state index >= 15 is 0 Å². The van der Waals surface area contributed by atoms with Crippen LogP contribution in [0.5, 0.6) is 0 Å². The van der Waals surface area contributed by atoms with Crippen LogP contribution in [0, 0.1) is 0 Å². The van der Waals surface area contributed by atoms with Crippen LogP contribution in [0.1, 0.15) is 31.4 Å². The normalized spacial score (nSPS) is 31.3. The van der Waals surface area contributed by atoms with Gasteiger partial charge >= 0.3 is 0 Å². The summed E-state index contributed by atoms with van der Waals surface area (Å²) >= 11 is 10.2. The Balaban J connectivity index is 1.76. The topological polar surface area (TPSA) is 12.0 Å². The van der Waals surface area contributed by atoms with Crippen molar-refractivity contribution in [1.82, 2.24) is 5.32 Å². The molecule has 2 aliphatic rings. The molecule has 3 unspecified atom stereocenters. The van der Waals surface area contributed by atoms with Crippen LogP contribution in [0.3, 0.4) is 0 Å². The Morgan fingerprint density at radius 1 is 1.39 bits per heavy atom. The molecule has 2 aliphatic heterocycles. The van der Waals surface area contributed by atoms with E-state index in [-0.39, 0.29) is 0 Å². The van der Waals surface area contributed by atoms with Crippen LogP contribution in [0.4, 0.5) is 0 Å². The highest BCUT2D eigenvalue weighted by molar-refractivity contribution is 8.00. The number of hydrogen-bond acceptors (Lipinski definition) is 3. The lowest BCUT2D eigenvalue weighted by Crippen LogP contribution is -2.34. The fraction of sp³-hybridized carbons (Fsp3) is 0.571. The molecule has 0 amide bonds. The zero-order valence-electron chi connectivity index (χ0n) is 10.5. The van der Waals surface area contributed by atoms with E-state index in [9.17, 15) is 0 Å². The van der Waals surface area contributed by atoms with Crippen LogP contribution in [0.15, 0.2) is 23.1 Å². The number of nitrogens with one attached hydrogen (secondary N) is 1. The highest BCUT2D eigenvalue weighted by Gasteiger charge is 2.27. The summed E-state index contributed by atoms with van der Waals surface area (Å²) in [6.45, 7) is 2.33. The van der Waals surface area contributed by atoms with Gasteiger partial charge in [-0.05, 0) is 42.4 Å². The molecule has 0 aliphatic carbocycles. The van der Waals surface area contributed by atoms with Crippen molar-refractivity contribution in [3.05, 3.63) is 28.8 Å². The van der Waals surface area contributed by atoms with Crippen LogP contribution in [0.25, 0.3) is 0 Å². The van der Waals surface area contributed by atoms with E-state index in [1.165, 1.54) is 34.8 Å². The molecule has 0 spiro atoms. The second kappa shape index (κ2) is 5.66. The molecule has 1 N–H and O–H groups in total. The Labute approximate surface area is 122 Å². The van der Waals surface area contributed by atoms with Gasteiger partial charge in [0, 0.05) is 33.0 Å². The molecule has 0 radical (unpaired) electrons. The number of fused-ring (bicyclic) bond motifs is 1. The molecule has 3 atom stereocenters. The summed E-state index contributed by atoms with van der Waals surface area (Å²) in [4.78, 5) is 1.40. The van der Waals surface area contributed by atoms with Crippen molar-refractivity contribution in [2.75, 3.05) is 11.5 Å². The Morgan fingerprint density at radius 2 is 2.28 bits per heavy atom. The lowest BCUT2D eigenvalue weighted by Gasteiger charge is -2.28. The molecule has 18 heavy (non-hydrogen) atoms. The van der Waals surface area contributed by atoms with Gasteiger partial charge in [0.1, 0.15) is 0 Å². The fourth-order valence-corrected chi connectivity index (χ4v) is 5.20. The lowest BCUT2D eigenvalue weighted by atomic mass is 10.0. The average molecular weight is 300 g/mol. The molecule has 1 aromatic carbocycles. The van der Waals surface area contributed by atoms with Gasteiger partial charge in [-0.2, -0.15) is 11.8 Å². The zero-order chi connectivity index (χ0) is 12.5. The molecule has 3 rings (SSSR count). The van der Waals surface area contributed by atoms with E-state index < -0.39 is 0 Å². The Hall–Kier alpha value is 0.170. The van der Waals surface area contributed by atoms with Gasteiger partial charge in [-0.1, -0.05) is 18.5 Å². The average Bonchev–Trinajstić information content (AvgIpc) is 2.76. The van der Waals surface area contributed by atoms with Gasteiger partial charge in [0.25, 0.3) is 0 Å². The molecule has 2 heterocycles. The maximum atomic E-state index is 6.14. The Bertz CT molecular complexity index is 438. The van der Waals surface area contributed by atoms with Crippen molar-refractivity contribution in [3.8, 4) is 0 Å². The quantitative estimate of drug-likeness (QED) is 0.871. The highest BCUT2D eigenvalue weighted by Crippen LogP contribution is 2.38. The SMILES string of the molecule is CC1CC(NC2CCSc3ccc(Cl)cc32)CS1. The van der Waals surface area contributed by atoms with E-state index in [0.717, 1.165) is 10.3 Å². The molecule has 1 nitrogen and oxygen atoms in total. The van der Waals surface area contributed by atoms with E-state index in [2.05, 4.69) is 36.1 Å². The molecule has 1 saturated heterocycles. The number of thioether (sulfide) groups is 2. The van der Waals surface area contributed by atoms with Crippen molar-refractivity contribution in [3.63, 3.8) is 0 Å². The molecule has 1 aromatic rings. The second-order valence-electron chi connectivity index (χ2n) is 5.12. The number of rotatable bonds is 2. The van der Waals surface area contributed by atoms with Crippen molar-refractivity contribution >= 4 is 35.1 Å². The molecular formula is C14H18ClNS2. The standard InChI is InChI=1S/C14H18ClNS2/c1-9-6-11(8-18-9)16-13-4-5-17-14-3-2-10(15)7-12(13)14/h2-3,7,9,11,13,16H,4-6,8H2,1H3. The van der Waals surface area contributed by atoms with E-state index in [1.807, 2.05) is 17.8 Å². The minimum absolute atomic E-state index is 0.496. The van der Waals surface area contributed by atoms with Crippen LogP contribution in [-0.4, -0.2) is 22.8 Å². The minimum Gasteiger partial charge on any atom is -0.306 e. The van der Waals surface area contributed by atoms with E-state index in [4.69, 9.17) is 11.6 Å². The molecule has 1 fully saturated rings. The van der Waals surface area contributed by atoms with Gasteiger partial charge in [0.05, 0.1) is 0 Å².